The Labute approximate surface area is 130 Å². The van der Waals surface area contributed by atoms with Crippen LogP contribution in [-0.4, -0.2) is 23.0 Å². The molecule has 3 rings (SSSR count). The average molecular weight is 343 g/mol. The highest BCUT2D eigenvalue weighted by atomic mass is 35.5. The summed E-state index contributed by atoms with van der Waals surface area (Å²) in [5.74, 6) is 0.0710. The van der Waals surface area contributed by atoms with Crippen LogP contribution in [-0.2, 0) is 10.0 Å². The lowest BCUT2D eigenvalue weighted by Gasteiger charge is -2.08. The van der Waals surface area contributed by atoms with Crippen molar-refractivity contribution in [2.75, 3.05) is 4.72 Å². The average Bonchev–Trinajstić information content (AvgIpc) is 2.84. The van der Waals surface area contributed by atoms with E-state index in [4.69, 9.17) is 23.2 Å². The minimum absolute atomic E-state index is 0.0701. The molecule has 0 aliphatic heterocycles. The van der Waals surface area contributed by atoms with Crippen molar-refractivity contribution in [1.82, 2.24) is 14.6 Å². The first kappa shape index (κ1) is 14.1. The summed E-state index contributed by atoms with van der Waals surface area (Å²) in [4.78, 5) is -0.121. The van der Waals surface area contributed by atoms with E-state index in [9.17, 15) is 8.42 Å². The van der Waals surface area contributed by atoms with Crippen LogP contribution in [0.15, 0.2) is 47.5 Å². The SMILES string of the molecule is O=S(=O)(Nc1nnc2ccccn12)c1cc(Cl)ccc1Cl. The molecule has 108 valence electrons. The molecule has 21 heavy (non-hydrogen) atoms. The zero-order valence-electron chi connectivity index (χ0n) is 10.4. The van der Waals surface area contributed by atoms with Gasteiger partial charge in [0.25, 0.3) is 10.0 Å². The van der Waals surface area contributed by atoms with Crippen molar-refractivity contribution < 1.29 is 8.42 Å². The maximum absolute atomic E-state index is 12.4. The Hall–Kier alpha value is -1.83. The van der Waals surface area contributed by atoms with E-state index in [-0.39, 0.29) is 20.9 Å². The molecule has 0 aliphatic carbocycles. The molecule has 0 fully saturated rings. The number of pyridine rings is 1. The predicted octanol–water partition coefficient (Wildman–Crippen LogP) is 2.84. The van der Waals surface area contributed by atoms with E-state index in [1.54, 1.807) is 24.4 Å². The molecule has 0 aliphatic rings. The van der Waals surface area contributed by atoms with E-state index in [0.717, 1.165) is 0 Å². The maximum atomic E-state index is 12.4. The van der Waals surface area contributed by atoms with Crippen molar-refractivity contribution in [3.63, 3.8) is 0 Å². The summed E-state index contributed by atoms with van der Waals surface area (Å²) < 4.78 is 28.6. The van der Waals surface area contributed by atoms with Gasteiger partial charge in [-0.05, 0) is 30.3 Å². The van der Waals surface area contributed by atoms with Gasteiger partial charge in [0.1, 0.15) is 4.90 Å². The molecule has 0 saturated carbocycles. The molecule has 1 N–H and O–H groups in total. The molecule has 0 atom stereocenters. The molecule has 0 unspecified atom stereocenters. The van der Waals surface area contributed by atoms with Crippen LogP contribution in [0.1, 0.15) is 0 Å². The number of nitrogens with one attached hydrogen (secondary N) is 1. The van der Waals surface area contributed by atoms with E-state index in [0.29, 0.717) is 5.65 Å². The van der Waals surface area contributed by atoms with Crippen LogP contribution < -0.4 is 4.72 Å². The molecule has 0 saturated heterocycles. The molecule has 0 radical (unpaired) electrons. The summed E-state index contributed by atoms with van der Waals surface area (Å²) in [5, 5.41) is 8.01. The molecule has 1 aromatic carbocycles. The second-order valence-corrected chi connectivity index (χ2v) is 6.63. The van der Waals surface area contributed by atoms with E-state index < -0.39 is 10.0 Å². The highest BCUT2D eigenvalue weighted by Crippen LogP contribution is 2.26. The summed E-state index contributed by atoms with van der Waals surface area (Å²) in [6.45, 7) is 0. The Balaban J connectivity index is 2.05. The summed E-state index contributed by atoms with van der Waals surface area (Å²) in [7, 11) is -3.92. The van der Waals surface area contributed by atoms with Crippen LogP contribution in [0.2, 0.25) is 10.0 Å². The Bertz CT molecular complexity index is 924. The molecule has 2 heterocycles. The smallest absolute Gasteiger partial charge is 0.265 e. The number of halogens is 2. The van der Waals surface area contributed by atoms with Crippen LogP contribution >= 0.6 is 23.2 Å². The highest BCUT2D eigenvalue weighted by Gasteiger charge is 2.21. The first-order valence-electron chi connectivity index (χ1n) is 5.75. The molecule has 2 aromatic heterocycles. The van der Waals surface area contributed by atoms with Crippen LogP contribution in [0.5, 0.6) is 0 Å². The zero-order valence-corrected chi connectivity index (χ0v) is 12.7. The molecule has 9 heteroatoms. The van der Waals surface area contributed by atoms with Crippen LogP contribution in [0, 0.1) is 0 Å². The third-order valence-electron chi connectivity index (χ3n) is 2.72. The fraction of sp³-hybridized carbons (Fsp3) is 0. The van der Waals surface area contributed by atoms with Gasteiger partial charge in [0.15, 0.2) is 5.65 Å². The number of aromatic nitrogens is 3. The number of anilines is 1. The molecular weight excluding hydrogens is 335 g/mol. The molecule has 6 nitrogen and oxygen atoms in total. The lowest BCUT2D eigenvalue weighted by Crippen LogP contribution is -2.15. The Morgan fingerprint density at radius 3 is 2.71 bits per heavy atom. The van der Waals surface area contributed by atoms with Gasteiger partial charge in [0.05, 0.1) is 5.02 Å². The van der Waals surface area contributed by atoms with E-state index >= 15 is 0 Å². The van der Waals surface area contributed by atoms with Crippen molar-refractivity contribution in [3.05, 3.63) is 52.6 Å². The van der Waals surface area contributed by atoms with Gasteiger partial charge in [0, 0.05) is 11.2 Å². The summed E-state index contributed by atoms with van der Waals surface area (Å²) in [5.41, 5.74) is 0.521. The number of nitrogens with zero attached hydrogens (tertiary/aromatic N) is 3. The van der Waals surface area contributed by atoms with Crippen LogP contribution in [0.25, 0.3) is 5.65 Å². The predicted molar refractivity (Wildman–Crippen MR) is 80.3 cm³/mol. The van der Waals surface area contributed by atoms with Gasteiger partial charge in [-0.3, -0.25) is 4.40 Å². The van der Waals surface area contributed by atoms with E-state index in [2.05, 4.69) is 14.9 Å². The van der Waals surface area contributed by atoms with Gasteiger partial charge < -0.3 is 0 Å². The fourth-order valence-corrected chi connectivity index (χ4v) is 3.52. The molecular formula is C12H8Cl2N4O2S. The summed E-state index contributed by atoms with van der Waals surface area (Å²) in [6.07, 6.45) is 1.65. The first-order chi connectivity index (χ1) is 9.97. The van der Waals surface area contributed by atoms with Crippen molar-refractivity contribution in [3.8, 4) is 0 Å². The van der Waals surface area contributed by atoms with Crippen molar-refractivity contribution in [2.24, 2.45) is 0 Å². The normalized spacial score (nSPS) is 11.7. The molecule has 0 amide bonds. The number of hydrogen-bond acceptors (Lipinski definition) is 4. The van der Waals surface area contributed by atoms with Crippen molar-refractivity contribution in [2.45, 2.75) is 4.90 Å². The van der Waals surface area contributed by atoms with Gasteiger partial charge in [-0.25, -0.2) is 13.1 Å². The minimum atomic E-state index is -3.92. The quantitative estimate of drug-likeness (QED) is 0.793. The maximum Gasteiger partial charge on any atom is 0.265 e. The second kappa shape index (κ2) is 5.18. The van der Waals surface area contributed by atoms with Crippen molar-refractivity contribution in [1.29, 1.82) is 0 Å². The van der Waals surface area contributed by atoms with Crippen LogP contribution in [0.4, 0.5) is 5.95 Å². The van der Waals surface area contributed by atoms with Gasteiger partial charge in [-0.1, -0.05) is 29.3 Å². The molecule has 3 aromatic rings. The third-order valence-corrected chi connectivity index (χ3v) is 4.77. The Morgan fingerprint density at radius 1 is 1.10 bits per heavy atom. The van der Waals surface area contributed by atoms with Gasteiger partial charge in [-0.15, -0.1) is 10.2 Å². The van der Waals surface area contributed by atoms with E-state index in [1.165, 1.54) is 22.6 Å². The zero-order chi connectivity index (χ0) is 15.0. The number of benzene rings is 1. The Morgan fingerprint density at radius 2 is 1.90 bits per heavy atom. The second-order valence-electron chi connectivity index (χ2n) is 4.13. The summed E-state index contributed by atoms with van der Waals surface area (Å²) in [6, 6.07) is 9.42. The lowest BCUT2D eigenvalue weighted by atomic mass is 10.4. The third kappa shape index (κ3) is 2.67. The topological polar surface area (TPSA) is 76.4 Å². The number of hydrogen-bond donors (Lipinski definition) is 1. The van der Waals surface area contributed by atoms with Crippen LogP contribution in [0.3, 0.4) is 0 Å². The van der Waals surface area contributed by atoms with Crippen molar-refractivity contribution >= 4 is 44.8 Å². The summed E-state index contributed by atoms with van der Waals surface area (Å²) >= 11 is 11.7. The number of sulfonamides is 1. The molecule has 0 spiro atoms. The fourth-order valence-electron chi connectivity index (χ4n) is 1.77. The first-order valence-corrected chi connectivity index (χ1v) is 7.99. The van der Waals surface area contributed by atoms with Gasteiger partial charge >= 0.3 is 0 Å². The van der Waals surface area contributed by atoms with Gasteiger partial charge in [0.2, 0.25) is 5.95 Å². The standard InChI is InChI=1S/C12H8Cl2N4O2S/c13-8-4-5-9(14)10(7-8)21(19,20)17-12-16-15-11-3-1-2-6-18(11)12/h1-7H,(H,16,17). The number of fused-ring (bicyclic) bond motifs is 1. The monoisotopic (exact) mass is 342 g/mol. The molecule has 0 bridgehead atoms. The number of rotatable bonds is 3. The minimum Gasteiger partial charge on any atom is -0.268 e. The highest BCUT2D eigenvalue weighted by molar-refractivity contribution is 7.92. The Kier molecular flexibility index (Phi) is 3.48. The lowest BCUT2D eigenvalue weighted by molar-refractivity contribution is 0.600. The van der Waals surface area contributed by atoms with E-state index in [1.807, 2.05) is 0 Å². The largest absolute Gasteiger partial charge is 0.268 e. The van der Waals surface area contributed by atoms with Gasteiger partial charge in [-0.2, -0.15) is 0 Å².